The molecule has 2 N–H and O–H groups in total. The number of carbonyl (C=O) groups is 3. The maximum Gasteiger partial charge on any atom is 0.253 e. The van der Waals surface area contributed by atoms with Crippen molar-refractivity contribution in [2.24, 2.45) is 11.1 Å². The highest BCUT2D eigenvalue weighted by Gasteiger charge is 2.32. The lowest BCUT2D eigenvalue weighted by Gasteiger charge is -2.36. The molecule has 1 fully saturated rings. The fraction of sp³-hybridized carbons (Fsp3) is 0.348. The van der Waals surface area contributed by atoms with Crippen LogP contribution in [0.3, 0.4) is 0 Å². The van der Waals surface area contributed by atoms with E-state index in [-0.39, 0.29) is 18.2 Å². The molecule has 0 radical (unpaired) electrons. The van der Waals surface area contributed by atoms with Crippen LogP contribution in [-0.4, -0.2) is 53.7 Å². The van der Waals surface area contributed by atoms with Crippen molar-refractivity contribution >= 4 is 17.7 Å². The van der Waals surface area contributed by atoms with E-state index in [2.05, 4.69) is 0 Å². The average molecular weight is 393 g/mol. The minimum absolute atomic E-state index is 0.0332. The van der Waals surface area contributed by atoms with Crippen LogP contribution in [0.4, 0.5) is 0 Å². The molecule has 29 heavy (non-hydrogen) atoms. The Hall–Kier alpha value is -3.15. The zero-order valence-corrected chi connectivity index (χ0v) is 16.9. The van der Waals surface area contributed by atoms with Gasteiger partial charge in [0.15, 0.2) is 0 Å². The van der Waals surface area contributed by atoms with E-state index in [1.54, 1.807) is 23.6 Å². The summed E-state index contributed by atoms with van der Waals surface area (Å²) < 4.78 is 0. The van der Waals surface area contributed by atoms with Crippen molar-refractivity contribution in [3.63, 3.8) is 0 Å². The molecular weight excluding hydrogens is 366 g/mol. The summed E-state index contributed by atoms with van der Waals surface area (Å²) in [7, 11) is 0. The van der Waals surface area contributed by atoms with Gasteiger partial charge in [0.05, 0.1) is 5.41 Å². The molecule has 2 aromatic rings. The minimum Gasteiger partial charge on any atom is -0.369 e. The summed E-state index contributed by atoms with van der Waals surface area (Å²) in [4.78, 5) is 40.2. The molecule has 0 aromatic heterocycles. The predicted molar refractivity (Wildman–Crippen MR) is 112 cm³/mol. The molecule has 6 nitrogen and oxygen atoms in total. The largest absolute Gasteiger partial charge is 0.369 e. The third-order valence-electron chi connectivity index (χ3n) is 5.42. The standard InChI is InChI=1S/C23H27N3O3/c1-23(2,22(24)29)16-20(27)25-12-14-26(15-13-25)21(28)19-10-8-18(9-11-19)17-6-4-3-5-7-17/h3-11H,12-16H2,1-2H3,(H2,24,29). The van der Waals surface area contributed by atoms with Crippen LogP contribution in [0.15, 0.2) is 54.6 Å². The zero-order valence-electron chi connectivity index (χ0n) is 16.9. The first kappa shape index (κ1) is 20.6. The van der Waals surface area contributed by atoms with Crippen LogP contribution in [0.25, 0.3) is 11.1 Å². The lowest BCUT2D eigenvalue weighted by atomic mass is 9.88. The van der Waals surface area contributed by atoms with E-state index in [9.17, 15) is 14.4 Å². The summed E-state index contributed by atoms with van der Waals surface area (Å²) in [6.45, 7) is 5.21. The molecule has 3 rings (SSSR count). The van der Waals surface area contributed by atoms with Crippen molar-refractivity contribution in [1.29, 1.82) is 0 Å². The summed E-state index contributed by atoms with van der Waals surface area (Å²) in [5.74, 6) is -0.624. The number of rotatable bonds is 5. The molecule has 152 valence electrons. The number of primary amides is 1. The van der Waals surface area contributed by atoms with Gasteiger partial charge in [-0.3, -0.25) is 14.4 Å². The van der Waals surface area contributed by atoms with Gasteiger partial charge in [0, 0.05) is 38.2 Å². The summed E-state index contributed by atoms with van der Waals surface area (Å²) in [5.41, 5.74) is 7.30. The maximum absolute atomic E-state index is 12.8. The molecule has 0 atom stereocenters. The van der Waals surface area contributed by atoms with Crippen LogP contribution in [0.5, 0.6) is 0 Å². The highest BCUT2D eigenvalue weighted by molar-refractivity contribution is 5.95. The molecule has 0 bridgehead atoms. The first-order valence-corrected chi connectivity index (χ1v) is 9.80. The monoisotopic (exact) mass is 393 g/mol. The number of hydrogen-bond donors (Lipinski definition) is 1. The normalized spacial score (nSPS) is 14.6. The first-order valence-electron chi connectivity index (χ1n) is 9.80. The Morgan fingerprint density at radius 2 is 1.34 bits per heavy atom. The van der Waals surface area contributed by atoms with Gasteiger partial charge in [0.25, 0.3) is 5.91 Å². The van der Waals surface area contributed by atoms with E-state index in [4.69, 9.17) is 5.73 Å². The van der Waals surface area contributed by atoms with Gasteiger partial charge in [-0.25, -0.2) is 0 Å². The van der Waals surface area contributed by atoms with Gasteiger partial charge < -0.3 is 15.5 Å². The smallest absolute Gasteiger partial charge is 0.253 e. The van der Waals surface area contributed by atoms with E-state index < -0.39 is 11.3 Å². The molecule has 0 saturated carbocycles. The number of benzene rings is 2. The molecule has 1 heterocycles. The van der Waals surface area contributed by atoms with Gasteiger partial charge in [0.1, 0.15) is 0 Å². The summed E-state index contributed by atoms with van der Waals surface area (Å²) in [5, 5.41) is 0. The van der Waals surface area contributed by atoms with Gasteiger partial charge in [0.2, 0.25) is 11.8 Å². The number of piperazine rings is 1. The highest BCUT2D eigenvalue weighted by Crippen LogP contribution is 2.22. The molecule has 2 aromatic carbocycles. The second-order valence-corrected chi connectivity index (χ2v) is 8.04. The van der Waals surface area contributed by atoms with Crippen molar-refractivity contribution in [1.82, 2.24) is 9.80 Å². The Morgan fingerprint density at radius 3 is 1.90 bits per heavy atom. The molecule has 6 heteroatoms. The summed E-state index contributed by atoms with van der Waals surface area (Å²) in [6.07, 6.45) is 0.0806. The SMILES string of the molecule is CC(C)(CC(=O)N1CCN(C(=O)c2ccc(-c3ccccc3)cc2)CC1)C(N)=O. The fourth-order valence-corrected chi connectivity index (χ4v) is 3.35. The minimum atomic E-state index is -0.870. The lowest BCUT2D eigenvalue weighted by Crippen LogP contribution is -2.51. The van der Waals surface area contributed by atoms with E-state index in [0.29, 0.717) is 31.7 Å². The van der Waals surface area contributed by atoms with E-state index in [0.717, 1.165) is 11.1 Å². The number of carbonyl (C=O) groups excluding carboxylic acids is 3. The number of hydrogen-bond acceptors (Lipinski definition) is 3. The lowest BCUT2D eigenvalue weighted by molar-refractivity contribution is -0.139. The van der Waals surface area contributed by atoms with Gasteiger partial charge in [-0.05, 0) is 23.3 Å². The van der Waals surface area contributed by atoms with Crippen LogP contribution in [0.2, 0.25) is 0 Å². The van der Waals surface area contributed by atoms with Crippen LogP contribution in [0, 0.1) is 5.41 Å². The molecule has 1 saturated heterocycles. The highest BCUT2D eigenvalue weighted by atomic mass is 16.2. The second-order valence-electron chi connectivity index (χ2n) is 8.04. The third kappa shape index (κ3) is 4.83. The Kier molecular flexibility index (Phi) is 6.01. The van der Waals surface area contributed by atoms with E-state index in [1.807, 2.05) is 54.6 Å². The third-order valence-corrected chi connectivity index (χ3v) is 5.42. The van der Waals surface area contributed by atoms with Gasteiger partial charge in [-0.15, -0.1) is 0 Å². The molecule has 0 spiro atoms. The predicted octanol–water partition coefficient (Wildman–Crippen LogP) is 2.54. The Balaban J connectivity index is 1.57. The average Bonchev–Trinajstić information content (AvgIpc) is 2.73. The topological polar surface area (TPSA) is 83.7 Å². The van der Waals surface area contributed by atoms with Crippen LogP contribution >= 0.6 is 0 Å². The Bertz CT molecular complexity index is 883. The Morgan fingerprint density at radius 1 is 0.828 bits per heavy atom. The van der Waals surface area contributed by atoms with Crippen molar-refractivity contribution in [3.05, 3.63) is 60.2 Å². The molecule has 1 aliphatic rings. The zero-order chi connectivity index (χ0) is 21.0. The molecular formula is C23H27N3O3. The van der Waals surface area contributed by atoms with Crippen LogP contribution < -0.4 is 5.73 Å². The first-order chi connectivity index (χ1) is 13.8. The van der Waals surface area contributed by atoms with Gasteiger partial charge >= 0.3 is 0 Å². The number of nitrogens with two attached hydrogens (primary N) is 1. The summed E-state index contributed by atoms with van der Waals surface area (Å²) in [6, 6.07) is 17.6. The van der Waals surface area contributed by atoms with Gasteiger partial charge in [-0.1, -0.05) is 56.3 Å². The number of amides is 3. The molecule has 1 aliphatic heterocycles. The quantitative estimate of drug-likeness (QED) is 0.847. The van der Waals surface area contributed by atoms with Gasteiger partial charge in [-0.2, -0.15) is 0 Å². The Labute approximate surface area is 171 Å². The van der Waals surface area contributed by atoms with E-state index >= 15 is 0 Å². The molecule has 0 aliphatic carbocycles. The number of nitrogens with zero attached hydrogens (tertiary/aromatic N) is 2. The van der Waals surface area contributed by atoms with Crippen LogP contribution in [-0.2, 0) is 9.59 Å². The van der Waals surface area contributed by atoms with E-state index in [1.165, 1.54) is 0 Å². The molecule has 3 amide bonds. The molecule has 0 unspecified atom stereocenters. The van der Waals surface area contributed by atoms with Crippen molar-refractivity contribution < 1.29 is 14.4 Å². The summed E-state index contributed by atoms with van der Waals surface area (Å²) >= 11 is 0. The second kappa shape index (κ2) is 8.47. The van der Waals surface area contributed by atoms with Crippen molar-refractivity contribution in [2.75, 3.05) is 26.2 Å². The maximum atomic E-state index is 12.8. The van der Waals surface area contributed by atoms with Crippen molar-refractivity contribution in [2.45, 2.75) is 20.3 Å². The fourth-order valence-electron chi connectivity index (χ4n) is 3.35. The van der Waals surface area contributed by atoms with Crippen LogP contribution in [0.1, 0.15) is 30.6 Å². The van der Waals surface area contributed by atoms with Crippen molar-refractivity contribution in [3.8, 4) is 11.1 Å².